The molecular formula is C23H28ClN3O6S2. The molecule has 2 aromatic carbocycles. The van der Waals surface area contributed by atoms with Crippen LogP contribution in [0.2, 0.25) is 5.02 Å². The Hall–Kier alpha value is -2.02. The predicted molar refractivity (Wildman–Crippen MR) is 131 cm³/mol. The number of carbonyl (C=O) groups excluding carboxylic acids is 1. The molecule has 190 valence electrons. The molecule has 2 saturated heterocycles. The minimum absolute atomic E-state index is 0.105. The summed E-state index contributed by atoms with van der Waals surface area (Å²) in [7, 11) is -7.29. The van der Waals surface area contributed by atoms with Crippen LogP contribution in [0.1, 0.15) is 18.4 Å². The minimum Gasteiger partial charge on any atom is -0.379 e. The van der Waals surface area contributed by atoms with Gasteiger partial charge in [0.15, 0.2) is 0 Å². The molecule has 1 atom stereocenters. The van der Waals surface area contributed by atoms with Crippen LogP contribution < -0.4 is 5.32 Å². The number of benzene rings is 2. The summed E-state index contributed by atoms with van der Waals surface area (Å²) in [5.41, 5.74) is 0.751. The van der Waals surface area contributed by atoms with Crippen LogP contribution in [0, 0.1) is 5.92 Å². The molecule has 2 heterocycles. The van der Waals surface area contributed by atoms with E-state index in [2.05, 4.69) is 5.32 Å². The third-order valence-corrected chi connectivity index (χ3v) is 10.2. The van der Waals surface area contributed by atoms with E-state index in [1.54, 1.807) is 12.1 Å². The first kappa shape index (κ1) is 26.1. The molecule has 1 amide bonds. The van der Waals surface area contributed by atoms with Crippen molar-refractivity contribution in [1.82, 2.24) is 13.9 Å². The van der Waals surface area contributed by atoms with E-state index in [-0.39, 0.29) is 28.8 Å². The highest BCUT2D eigenvalue weighted by Gasteiger charge is 2.33. The lowest BCUT2D eigenvalue weighted by Crippen LogP contribution is -2.45. The Bertz CT molecular complexity index is 1250. The maximum absolute atomic E-state index is 13.0. The van der Waals surface area contributed by atoms with Crippen molar-refractivity contribution in [2.75, 3.05) is 39.4 Å². The van der Waals surface area contributed by atoms with Gasteiger partial charge in [0.2, 0.25) is 26.0 Å². The Kier molecular flexibility index (Phi) is 8.14. The first-order valence-corrected chi connectivity index (χ1v) is 14.6. The Morgan fingerprint density at radius 2 is 1.46 bits per heavy atom. The molecule has 0 saturated carbocycles. The van der Waals surface area contributed by atoms with Crippen molar-refractivity contribution in [2.45, 2.75) is 29.2 Å². The van der Waals surface area contributed by atoms with E-state index < -0.39 is 26.0 Å². The first-order chi connectivity index (χ1) is 16.7. The summed E-state index contributed by atoms with van der Waals surface area (Å²) in [6.07, 6.45) is 1.17. The number of nitrogens with one attached hydrogen (secondary N) is 1. The molecule has 0 bridgehead atoms. The molecule has 4 rings (SSSR count). The summed E-state index contributed by atoms with van der Waals surface area (Å²) in [4.78, 5) is 13.1. The van der Waals surface area contributed by atoms with E-state index in [0.717, 1.165) is 5.56 Å². The number of morpholine rings is 1. The Balaban J connectivity index is 1.34. The standard InChI is InChI=1S/C23H28ClN3O6S2/c24-20-5-9-22(10-6-20)35(31,32)27-11-1-2-19(17-27)23(28)25-16-18-3-7-21(8-4-18)34(29,30)26-12-14-33-15-13-26/h3-10,19H,1-2,11-17H2,(H,25,28). The van der Waals surface area contributed by atoms with E-state index in [4.69, 9.17) is 16.3 Å². The zero-order valence-corrected chi connectivity index (χ0v) is 21.5. The van der Waals surface area contributed by atoms with Gasteiger partial charge in [-0.05, 0) is 54.8 Å². The van der Waals surface area contributed by atoms with Gasteiger partial charge in [-0.2, -0.15) is 8.61 Å². The lowest BCUT2D eigenvalue weighted by Gasteiger charge is -2.31. The fourth-order valence-electron chi connectivity index (χ4n) is 4.18. The molecule has 35 heavy (non-hydrogen) atoms. The SMILES string of the molecule is O=C(NCc1ccc(S(=O)(=O)N2CCOCC2)cc1)C1CCCN(S(=O)(=O)c2ccc(Cl)cc2)C1. The fourth-order valence-corrected chi connectivity index (χ4v) is 7.24. The van der Waals surface area contributed by atoms with Crippen molar-refractivity contribution in [3.63, 3.8) is 0 Å². The molecular weight excluding hydrogens is 514 g/mol. The van der Waals surface area contributed by atoms with Crippen LogP contribution in [-0.2, 0) is 36.1 Å². The van der Waals surface area contributed by atoms with Crippen LogP contribution in [0.4, 0.5) is 0 Å². The Morgan fingerprint density at radius 1 is 0.886 bits per heavy atom. The Morgan fingerprint density at radius 3 is 2.09 bits per heavy atom. The first-order valence-electron chi connectivity index (χ1n) is 11.4. The number of hydrogen-bond acceptors (Lipinski definition) is 6. The van der Waals surface area contributed by atoms with Gasteiger partial charge < -0.3 is 10.1 Å². The highest BCUT2D eigenvalue weighted by Crippen LogP contribution is 2.25. The molecule has 2 aromatic rings. The molecule has 1 N–H and O–H groups in total. The van der Waals surface area contributed by atoms with Gasteiger partial charge in [0.05, 0.1) is 28.9 Å². The lowest BCUT2D eigenvalue weighted by atomic mass is 9.99. The highest BCUT2D eigenvalue weighted by molar-refractivity contribution is 7.89. The number of ether oxygens (including phenoxy) is 1. The number of sulfonamides is 2. The number of piperidine rings is 1. The number of carbonyl (C=O) groups is 1. The zero-order chi connectivity index (χ0) is 25.1. The average molecular weight is 542 g/mol. The summed E-state index contributed by atoms with van der Waals surface area (Å²) in [6.45, 7) is 2.09. The molecule has 0 aromatic heterocycles. The quantitative estimate of drug-likeness (QED) is 0.574. The van der Waals surface area contributed by atoms with Crippen LogP contribution in [0.3, 0.4) is 0 Å². The molecule has 2 aliphatic heterocycles. The zero-order valence-electron chi connectivity index (χ0n) is 19.1. The molecule has 0 aliphatic carbocycles. The van der Waals surface area contributed by atoms with Crippen molar-refractivity contribution in [2.24, 2.45) is 5.92 Å². The minimum atomic E-state index is -3.71. The molecule has 12 heteroatoms. The van der Waals surface area contributed by atoms with Gasteiger partial charge in [-0.25, -0.2) is 16.8 Å². The van der Waals surface area contributed by atoms with Crippen molar-refractivity contribution in [3.05, 3.63) is 59.1 Å². The molecule has 1 unspecified atom stereocenters. The fraction of sp³-hybridized carbons (Fsp3) is 0.435. The van der Waals surface area contributed by atoms with Gasteiger partial charge in [-0.1, -0.05) is 23.7 Å². The van der Waals surface area contributed by atoms with E-state index in [9.17, 15) is 21.6 Å². The van der Waals surface area contributed by atoms with Crippen LogP contribution in [0.15, 0.2) is 58.3 Å². The monoisotopic (exact) mass is 541 g/mol. The van der Waals surface area contributed by atoms with Gasteiger partial charge in [-0.15, -0.1) is 0 Å². The van der Waals surface area contributed by atoms with E-state index in [0.29, 0.717) is 50.7 Å². The Labute approximate surface area is 211 Å². The summed E-state index contributed by atoms with van der Waals surface area (Å²) < 4.78 is 59.4. The van der Waals surface area contributed by atoms with Crippen molar-refractivity contribution < 1.29 is 26.4 Å². The summed E-state index contributed by atoms with van der Waals surface area (Å²) >= 11 is 5.87. The van der Waals surface area contributed by atoms with E-state index in [1.807, 2.05) is 0 Å². The molecule has 2 fully saturated rings. The van der Waals surface area contributed by atoms with E-state index >= 15 is 0 Å². The van der Waals surface area contributed by atoms with Gasteiger partial charge >= 0.3 is 0 Å². The van der Waals surface area contributed by atoms with Gasteiger partial charge in [0.25, 0.3) is 0 Å². The van der Waals surface area contributed by atoms with Crippen LogP contribution in [0.25, 0.3) is 0 Å². The second-order valence-corrected chi connectivity index (χ2v) is 12.8. The van der Waals surface area contributed by atoms with Crippen LogP contribution >= 0.6 is 11.6 Å². The summed E-state index contributed by atoms with van der Waals surface area (Å²) in [5, 5.41) is 3.31. The molecule has 2 aliphatic rings. The highest BCUT2D eigenvalue weighted by atomic mass is 35.5. The van der Waals surface area contributed by atoms with Crippen molar-refractivity contribution >= 4 is 37.6 Å². The van der Waals surface area contributed by atoms with E-state index in [1.165, 1.54) is 45.0 Å². The molecule has 0 radical (unpaired) electrons. The maximum atomic E-state index is 13.0. The van der Waals surface area contributed by atoms with Crippen LogP contribution in [-0.4, -0.2) is 70.7 Å². The normalized spacial score (nSPS) is 20.4. The average Bonchev–Trinajstić information content (AvgIpc) is 2.88. The number of halogens is 1. The number of nitrogens with zero attached hydrogens (tertiary/aromatic N) is 2. The summed E-state index contributed by atoms with van der Waals surface area (Å²) in [6, 6.07) is 12.4. The smallest absolute Gasteiger partial charge is 0.243 e. The summed E-state index contributed by atoms with van der Waals surface area (Å²) in [5.74, 6) is -0.696. The third kappa shape index (κ3) is 6.04. The lowest BCUT2D eigenvalue weighted by molar-refractivity contribution is -0.126. The van der Waals surface area contributed by atoms with Crippen molar-refractivity contribution in [3.8, 4) is 0 Å². The molecule has 0 spiro atoms. The number of amides is 1. The number of rotatable bonds is 7. The van der Waals surface area contributed by atoms with Crippen LogP contribution in [0.5, 0.6) is 0 Å². The molecule has 9 nitrogen and oxygen atoms in total. The number of hydrogen-bond donors (Lipinski definition) is 1. The predicted octanol–water partition coefficient (Wildman–Crippen LogP) is 2.08. The third-order valence-electron chi connectivity index (χ3n) is 6.20. The second kappa shape index (κ2) is 10.9. The second-order valence-electron chi connectivity index (χ2n) is 8.53. The van der Waals surface area contributed by atoms with Gasteiger partial charge in [0.1, 0.15) is 0 Å². The largest absolute Gasteiger partial charge is 0.379 e. The maximum Gasteiger partial charge on any atom is 0.243 e. The van der Waals surface area contributed by atoms with Gasteiger partial charge in [0, 0.05) is 37.7 Å². The topological polar surface area (TPSA) is 113 Å². The van der Waals surface area contributed by atoms with Gasteiger partial charge in [-0.3, -0.25) is 4.79 Å². The van der Waals surface area contributed by atoms with Crippen molar-refractivity contribution in [1.29, 1.82) is 0 Å².